The van der Waals surface area contributed by atoms with Gasteiger partial charge in [0.05, 0.1) is 6.04 Å². The summed E-state index contributed by atoms with van der Waals surface area (Å²) in [6, 6.07) is 18.2. The molecule has 23 heavy (non-hydrogen) atoms. The molecule has 2 aliphatic rings. The first-order valence-corrected chi connectivity index (χ1v) is 8.33. The van der Waals surface area contributed by atoms with Crippen molar-refractivity contribution in [1.82, 2.24) is 9.80 Å². The van der Waals surface area contributed by atoms with E-state index in [9.17, 15) is 4.79 Å². The topological polar surface area (TPSA) is 23.6 Å². The highest BCUT2D eigenvalue weighted by molar-refractivity contribution is 7.80. The smallest absolute Gasteiger partial charge is 0.252 e. The Morgan fingerprint density at radius 2 is 1.70 bits per heavy atom. The summed E-state index contributed by atoms with van der Waals surface area (Å²) in [5.41, 5.74) is 3.65. The van der Waals surface area contributed by atoms with Crippen LogP contribution in [-0.4, -0.2) is 26.9 Å². The third-order valence-electron chi connectivity index (χ3n) is 4.89. The van der Waals surface area contributed by atoms with Gasteiger partial charge >= 0.3 is 0 Å². The number of fused-ring (bicyclic) bond motifs is 2. The second-order valence-corrected chi connectivity index (χ2v) is 6.56. The zero-order valence-electron chi connectivity index (χ0n) is 13.0. The van der Waals surface area contributed by atoms with Crippen molar-refractivity contribution in [3.05, 3.63) is 71.3 Å². The number of hydrogen-bond donors (Lipinski definition) is 0. The van der Waals surface area contributed by atoms with Crippen LogP contribution < -0.4 is 0 Å². The molecule has 2 aromatic rings. The molecule has 4 heteroatoms. The summed E-state index contributed by atoms with van der Waals surface area (Å²) in [6.45, 7) is 2.77. The SMILES string of the molecule is CC(c1ccccc1)N1C(=O)C2Cc3ccccc3CN2C1=S. The molecule has 1 amide bonds. The third kappa shape index (κ3) is 2.25. The Morgan fingerprint density at radius 3 is 2.43 bits per heavy atom. The molecule has 0 aromatic heterocycles. The Labute approximate surface area is 141 Å². The van der Waals surface area contributed by atoms with Gasteiger partial charge in [0.2, 0.25) is 0 Å². The minimum absolute atomic E-state index is 0.0371. The molecule has 2 unspecified atom stereocenters. The van der Waals surface area contributed by atoms with E-state index in [-0.39, 0.29) is 18.0 Å². The summed E-state index contributed by atoms with van der Waals surface area (Å²) < 4.78 is 0. The van der Waals surface area contributed by atoms with Crippen molar-refractivity contribution in [2.75, 3.05) is 0 Å². The fourth-order valence-corrected chi connectivity index (χ4v) is 4.01. The molecular weight excluding hydrogens is 304 g/mol. The summed E-state index contributed by atoms with van der Waals surface area (Å²) >= 11 is 5.65. The predicted molar refractivity (Wildman–Crippen MR) is 93.8 cm³/mol. The molecule has 3 nitrogen and oxygen atoms in total. The van der Waals surface area contributed by atoms with Gasteiger partial charge in [-0.15, -0.1) is 0 Å². The summed E-state index contributed by atoms with van der Waals surface area (Å²) in [6.07, 6.45) is 0.743. The third-order valence-corrected chi connectivity index (χ3v) is 5.32. The van der Waals surface area contributed by atoms with Crippen LogP contribution in [0.15, 0.2) is 54.6 Å². The van der Waals surface area contributed by atoms with Crippen LogP contribution in [-0.2, 0) is 17.8 Å². The number of benzene rings is 2. The lowest BCUT2D eigenvalue weighted by Gasteiger charge is -2.30. The first-order valence-electron chi connectivity index (χ1n) is 7.92. The fourth-order valence-electron chi connectivity index (χ4n) is 3.58. The molecule has 2 heterocycles. The molecule has 1 fully saturated rings. The maximum absolute atomic E-state index is 13.0. The van der Waals surface area contributed by atoms with Gasteiger partial charge in [0.1, 0.15) is 6.04 Å². The predicted octanol–water partition coefficient (Wildman–Crippen LogP) is 3.30. The standard InChI is InChI=1S/C19H18N2OS/c1-13(14-7-3-2-4-8-14)21-18(22)17-11-15-9-5-6-10-16(15)12-20(17)19(21)23/h2-10,13,17H,11-12H2,1H3. The van der Waals surface area contributed by atoms with E-state index in [0.717, 1.165) is 18.5 Å². The van der Waals surface area contributed by atoms with Crippen LogP contribution in [0.5, 0.6) is 0 Å². The molecule has 2 atom stereocenters. The molecule has 116 valence electrons. The molecule has 0 bridgehead atoms. The molecule has 2 aromatic carbocycles. The molecule has 0 saturated carbocycles. The van der Waals surface area contributed by atoms with Crippen molar-refractivity contribution in [3.8, 4) is 0 Å². The van der Waals surface area contributed by atoms with Crippen LogP contribution in [0.4, 0.5) is 0 Å². The molecule has 4 rings (SSSR count). The number of amides is 1. The summed E-state index contributed by atoms with van der Waals surface area (Å²) in [5, 5.41) is 0.658. The highest BCUT2D eigenvalue weighted by atomic mass is 32.1. The first-order chi connectivity index (χ1) is 11.2. The van der Waals surface area contributed by atoms with Gasteiger partial charge in [0.15, 0.2) is 5.11 Å². The molecule has 1 saturated heterocycles. The molecule has 0 N–H and O–H groups in total. The highest BCUT2D eigenvalue weighted by Gasteiger charge is 2.46. The lowest BCUT2D eigenvalue weighted by molar-refractivity contribution is -0.129. The van der Waals surface area contributed by atoms with Gasteiger partial charge < -0.3 is 4.90 Å². The van der Waals surface area contributed by atoms with Crippen LogP contribution in [0.2, 0.25) is 0 Å². The van der Waals surface area contributed by atoms with Crippen LogP contribution >= 0.6 is 12.2 Å². The Kier molecular flexibility index (Phi) is 3.42. The van der Waals surface area contributed by atoms with Crippen LogP contribution in [0, 0.1) is 0 Å². The average Bonchev–Trinajstić information content (AvgIpc) is 2.84. The summed E-state index contributed by atoms with van der Waals surface area (Å²) in [5.74, 6) is 0.126. The number of rotatable bonds is 2. The van der Waals surface area contributed by atoms with E-state index in [4.69, 9.17) is 12.2 Å². The maximum Gasteiger partial charge on any atom is 0.252 e. The summed E-state index contributed by atoms with van der Waals surface area (Å²) in [4.78, 5) is 16.8. The molecular formula is C19H18N2OS. The lowest BCUT2D eigenvalue weighted by Crippen LogP contribution is -2.39. The van der Waals surface area contributed by atoms with Gasteiger partial charge in [-0.3, -0.25) is 9.69 Å². The number of hydrogen-bond acceptors (Lipinski definition) is 2. The van der Waals surface area contributed by atoms with Crippen molar-refractivity contribution in [3.63, 3.8) is 0 Å². The Morgan fingerprint density at radius 1 is 1.04 bits per heavy atom. The van der Waals surface area contributed by atoms with Crippen molar-refractivity contribution >= 4 is 23.2 Å². The van der Waals surface area contributed by atoms with Crippen molar-refractivity contribution in [1.29, 1.82) is 0 Å². The van der Waals surface area contributed by atoms with Crippen molar-refractivity contribution < 1.29 is 4.79 Å². The summed E-state index contributed by atoms with van der Waals surface area (Å²) in [7, 11) is 0. The fraction of sp³-hybridized carbons (Fsp3) is 0.263. The van der Waals surface area contributed by atoms with Gasteiger partial charge in [-0.25, -0.2) is 0 Å². The van der Waals surface area contributed by atoms with E-state index >= 15 is 0 Å². The van der Waals surface area contributed by atoms with Gasteiger partial charge in [0.25, 0.3) is 5.91 Å². The van der Waals surface area contributed by atoms with Gasteiger partial charge in [-0.05, 0) is 35.8 Å². The number of thiocarbonyl (C=S) groups is 1. The van der Waals surface area contributed by atoms with E-state index in [1.807, 2.05) is 49.4 Å². The molecule has 0 spiro atoms. The molecule has 0 aliphatic carbocycles. The second-order valence-electron chi connectivity index (χ2n) is 6.19. The van der Waals surface area contributed by atoms with E-state index in [2.05, 4.69) is 17.0 Å². The Balaban J connectivity index is 1.66. The van der Waals surface area contributed by atoms with Crippen molar-refractivity contribution in [2.24, 2.45) is 0 Å². The second kappa shape index (κ2) is 5.46. The van der Waals surface area contributed by atoms with Gasteiger partial charge in [-0.2, -0.15) is 0 Å². The Hall–Kier alpha value is -2.20. The quantitative estimate of drug-likeness (QED) is 0.793. The molecule has 0 radical (unpaired) electrons. The van der Waals surface area contributed by atoms with Gasteiger partial charge in [0, 0.05) is 13.0 Å². The monoisotopic (exact) mass is 322 g/mol. The minimum atomic E-state index is -0.149. The minimum Gasteiger partial charge on any atom is -0.332 e. The largest absolute Gasteiger partial charge is 0.332 e. The maximum atomic E-state index is 13.0. The van der Waals surface area contributed by atoms with Gasteiger partial charge in [-0.1, -0.05) is 54.6 Å². The van der Waals surface area contributed by atoms with E-state index in [0.29, 0.717) is 5.11 Å². The normalized spacial score (nSPS) is 21.2. The van der Waals surface area contributed by atoms with E-state index in [1.165, 1.54) is 11.1 Å². The van der Waals surface area contributed by atoms with E-state index < -0.39 is 0 Å². The number of carbonyl (C=O) groups is 1. The highest BCUT2D eigenvalue weighted by Crippen LogP contribution is 2.34. The zero-order valence-corrected chi connectivity index (χ0v) is 13.8. The lowest BCUT2D eigenvalue weighted by atomic mass is 9.95. The van der Waals surface area contributed by atoms with Crippen LogP contribution in [0.3, 0.4) is 0 Å². The number of nitrogens with zero attached hydrogens (tertiary/aromatic N) is 2. The zero-order chi connectivity index (χ0) is 16.0. The first kappa shape index (κ1) is 14.4. The van der Waals surface area contributed by atoms with Crippen LogP contribution in [0.25, 0.3) is 0 Å². The van der Waals surface area contributed by atoms with Crippen LogP contribution in [0.1, 0.15) is 29.7 Å². The molecule has 2 aliphatic heterocycles. The number of carbonyl (C=O) groups excluding carboxylic acids is 1. The van der Waals surface area contributed by atoms with E-state index in [1.54, 1.807) is 4.90 Å². The Bertz CT molecular complexity index is 731. The van der Waals surface area contributed by atoms with Crippen molar-refractivity contribution in [2.45, 2.75) is 32.0 Å². The average molecular weight is 322 g/mol.